The minimum atomic E-state index is -0.264. The first-order valence-electron chi connectivity index (χ1n) is 7.90. The summed E-state index contributed by atoms with van der Waals surface area (Å²) in [5.74, 6) is 0.927. The quantitative estimate of drug-likeness (QED) is 0.748. The summed E-state index contributed by atoms with van der Waals surface area (Å²) < 4.78 is 5.64. The van der Waals surface area contributed by atoms with E-state index in [0.29, 0.717) is 0 Å². The smallest absolute Gasteiger partial charge is 0.119 e. The summed E-state index contributed by atoms with van der Waals surface area (Å²) in [5, 5.41) is 10.1. The Morgan fingerprint density at radius 1 is 1.19 bits per heavy atom. The Kier molecular flexibility index (Phi) is 8.74. The molecule has 0 aromatic heterocycles. The van der Waals surface area contributed by atoms with Crippen LogP contribution in [0.5, 0.6) is 5.75 Å². The zero-order chi connectivity index (χ0) is 14.2. The van der Waals surface area contributed by atoms with Gasteiger partial charge in [0.1, 0.15) is 5.75 Å². The van der Waals surface area contributed by atoms with Gasteiger partial charge in [0.25, 0.3) is 0 Å². The molecule has 1 aromatic rings. The minimum absolute atomic E-state index is 0. The Labute approximate surface area is 134 Å². The molecule has 0 amide bonds. The molecule has 21 heavy (non-hydrogen) atoms. The second-order valence-electron chi connectivity index (χ2n) is 5.71. The van der Waals surface area contributed by atoms with Gasteiger partial charge in [-0.3, -0.25) is 0 Å². The average Bonchev–Trinajstić information content (AvgIpc) is 2.94. The lowest BCUT2D eigenvalue weighted by Crippen LogP contribution is -2.31. The molecule has 1 aliphatic heterocycles. The predicted octanol–water partition coefficient (Wildman–Crippen LogP) is 3.29. The summed E-state index contributed by atoms with van der Waals surface area (Å²) in [6.07, 6.45) is 5.26. The molecule has 3 nitrogen and oxygen atoms in total. The fourth-order valence-electron chi connectivity index (χ4n) is 2.66. The van der Waals surface area contributed by atoms with Gasteiger partial charge in [-0.2, -0.15) is 0 Å². The highest BCUT2D eigenvalue weighted by Crippen LogP contribution is 2.15. The topological polar surface area (TPSA) is 32.7 Å². The van der Waals surface area contributed by atoms with Gasteiger partial charge in [-0.15, -0.1) is 12.4 Å². The summed E-state index contributed by atoms with van der Waals surface area (Å²) in [4.78, 5) is 2.35. The molecule has 0 aliphatic carbocycles. The lowest BCUT2D eigenvalue weighted by molar-refractivity contribution is 0.125. The molecule has 4 heteroatoms. The van der Waals surface area contributed by atoms with E-state index in [9.17, 15) is 5.11 Å². The maximum absolute atomic E-state index is 10.1. The molecule has 120 valence electrons. The number of aliphatic hydroxyl groups is 1. The third-order valence-electron chi connectivity index (χ3n) is 3.83. The molecule has 1 heterocycles. The second-order valence-corrected chi connectivity index (χ2v) is 5.71. The lowest BCUT2D eigenvalue weighted by Gasteiger charge is -2.19. The predicted molar refractivity (Wildman–Crippen MR) is 89.5 cm³/mol. The first-order chi connectivity index (χ1) is 9.78. The fraction of sp³-hybridized carbons (Fsp3) is 0.647. The van der Waals surface area contributed by atoms with Crippen molar-refractivity contribution in [3.8, 4) is 5.75 Å². The van der Waals surface area contributed by atoms with Crippen LogP contribution in [0.2, 0.25) is 0 Å². The number of unbranched alkanes of at least 4 members (excludes halogenated alkanes) is 1. The summed E-state index contributed by atoms with van der Waals surface area (Å²) in [5.41, 5.74) is 1.18. The highest BCUT2D eigenvalue weighted by Gasteiger charge is 2.15. The molecule has 0 saturated carbocycles. The van der Waals surface area contributed by atoms with E-state index in [0.717, 1.165) is 51.3 Å². The van der Waals surface area contributed by atoms with Gasteiger partial charge in [0.15, 0.2) is 0 Å². The number of likely N-dealkylation sites (tertiary alicyclic amines) is 1. The zero-order valence-electron chi connectivity index (χ0n) is 13.0. The molecule has 1 atom stereocenters. The summed E-state index contributed by atoms with van der Waals surface area (Å²) in [6, 6.07) is 8.14. The van der Waals surface area contributed by atoms with Gasteiger partial charge in [-0.1, -0.05) is 25.5 Å². The zero-order valence-corrected chi connectivity index (χ0v) is 13.8. The van der Waals surface area contributed by atoms with Crippen LogP contribution >= 0.6 is 12.4 Å². The standard InChI is InChI=1S/C17H27NO2.ClH/c1-2-3-12-20-17-8-6-15(7-9-17)13-16(19)14-18-10-4-5-11-18;/h6-9,16,19H,2-5,10-14H2,1H3;1H. The van der Waals surface area contributed by atoms with Gasteiger partial charge in [-0.25, -0.2) is 0 Å². The van der Waals surface area contributed by atoms with E-state index in [2.05, 4.69) is 24.0 Å². The van der Waals surface area contributed by atoms with Gasteiger partial charge < -0.3 is 14.7 Å². The summed E-state index contributed by atoms with van der Waals surface area (Å²) >= 11 is 0. The van der Waals surface area contributed by atoms with Gasteiger partial charge in [0.2, 0.25) is 0 Å². The van der Waals surface area contributed by atoms with E-state index in [-0.39, 0.29) is 18.5 Å². The molecule has 1 aliphatic rings. The van der Waals surface area contributed by atoms with E-state index in [1.807, 2.05) is 12.1 Å². The maximum Gasteiger partial charge on any atom is 0.119 e. The number of benzene rings is 1. The van der Waals surface area contributed by atoms with E-state index >= 15 is 0 Å². The number of hydrogen-bond donors (Lipinski definition) is 1. The number of nitrogens with zero attached hydrogens (tertiary/aromatic N) is 1. The van der Waals surface area contributed by atoms with Crippen molar-refractivity contribution in [1.29, 1.82) is 0 Å². The lowest BCUT2D eigenvalue weighted by atomic mass is 10.1. The van der Waals surface area contributed by atoms with Crippen molar-refractivity contribution in [3.63, 3.8) is 0 Å². The Hall–Kier alpha value is -0.770. The van der Waals surface area contributed by atoms with Crippen LogP contribution < -0.4 is 4.74 Å². The number of halogens is 1. The molecule has 1 saturated heterocycles. The van der Waals surface area contributed by atoms with Gasteiger partial charge >= 0.3 is 0 Å². The Bertz CT molecular complexity index is 377. The monoisotopic (exact) mass is 313 g/mol. The highest BCUT2D eigenvalue weighted by molar-refractivity contribution is 5.85. The van der Waals surface area contributed by atoms with Crippen LogP contribution in [-0.2, 0) is 6.42 Å². The van der Waals surface area contributed by atoms with Crippen molar-refractivity contribution in [2.75, 3.05) is 26.2 Å². The third kappa shape index (κ3) is 6.68. The highest BCUT2D eigenvalue weighted by atomic mass is 35.5. The van der Waals surface area contributed by atoms with Crippen molar-refractivity contribution in [2.24, 2.45) is 0 Å². The Morgan fingerprint density at radius 3 is 2.48 bits per heavy atom. The number of aliphatic hydroxyl groups excluding tert-OH is 1. The van der Waals surface area contributed by atoms with Crippen LogP contribution in [0.3, 0.4) is 0 Å². The summed E-state index contributed by atoms with van der Waals surface area (Å²) in [6.45, 7) is 6.03. The van der Waals surface area contributed by atoms with Gasteiger partial charge in [0, 0.05) is 6.54 Å². The van der Waals surface area contributed by atoms with E-state index < -0.39 is 0 Å². The molecule has 1 unspecified atom stereocenters. The fourth-order valence-corrected chi connectivity index (χ4v) is 2.66. The molecule has 1 fully saturated rings. The molecule has 1 aromatic carbocycles. The van der Waals surface area contributed by atoms with Crippen LogP contribution in [0, 0.1) is 0 Å². The molecule has 2 rings (SSSR count). The average molecular weight is 314 g/mol. The van der Waals surface area contributed by atoms with Crippen LogP contribution in [0.1, 0.15) is 38.2 Å². The molecule has 0 radical (unpaired) electrons. The van der Waals surface area contributed by atoms with Gasteiger partial charge in [-0.05, 0) is 56.5 Å². The molecule has 0 spiro atoms. The van der Waals surface area contributed by atoms with Crippen molar-refractivity contribution >= 4 is 12.4 Å². The van der Waals surface area contributed by atoms with Crippen LogP contribution in [0.4, 0.5) is 0 Å². The van der Waals surface area contributed by atoms with Crippen LogP contribution in [0.15, 0.2) is 24.3 Å². The Morgan fingerprint density at radius 2 is 1.86 bits per heavy atom. The van der Waals surface area contributed by atoms with E-state index in [4.69, 9.17) is 4.74 Å². The SMILES string of the molecule is CCCCOc1ccc(CC(O)CN2CCCC2)cc1.Cl. The van der Waals surface area contributed by atoms with Crippen molar-refractivity contribution in [2.45, 2.75) is 45.1 Å². The first-order valence-corrected chi connectivity index (χ1v) is 7.90. The number of hydrogen-bond acceptors (Lipinski definition) is 3. The third-order valence-corrected chi connectivity index (χ3v) is 3.83. The molecule has 0 bridgehead atoms. The van der Waals surface area contributed by atoms with Crippen LogP contribution in [-0.4, -0.2) is 42.4 Å². The van der Waals surface area contributed by atoms with E-state index in [1.165, 1.54) is 18.4 Å². The molecule has 1 N–H and O–H groups in total. The van der Waals surface area contributed by atoms with Crippen molar-refractivity contribution < 1.29 is 9.84 Å². The largest absolute Gasteiger partial charge is 0.494 e. The van der Waals surface area contributed by atoms with E-state index in [1.54, 1.807) is 0 Å². The molecular formula is C17H28ClNO2. The van der Waals surface area contributed by atoms with Crippen molar-refractivity contribution in [3.05, 3.63) is 29.8 Å². The first kappa shape index (κ1) is 18.3. The van der Waals surface area contributed by atoms with Gasteiger partial charge in [0.05, 0.1) is 12.7 Å². The second kappa shape index (κ2) is 10.0. The van der Waals surface area contributed by atoms with Crippen molar-refractivity contribution in [1.82, 2.24) is 4.90 Å². The number of β-amino-alcohol motifs (C(OH)–C–C–N with tert-alkyl or cyclic N) is 1. The minimum Gasteiger partial charge on any atom is -0.494 e. The molecular weight excluding hydrogens is 286 g/mol. The summed E-state index contributed by atoms with van der Waals surface area (Å²) in [7, 11) is 0. The number of rotatable bonds is 8. The van der Waals surface area contributed by atoms with Crippen LogP contribution in [0.25, 0.3) is 0 Å². The maximum atomic E-state index is 10.1. The number of ether oxygens (including phenoxy) is 1. The normalized spacial score (nSPS) is 16.5. The Balaban J connectivity index is 0.00000220.